The van der Waals surface area contributed by atoms with Gasteiger partial charge in [0.2, 0.25) is 5.91 Å². The molecule has 0 aliphatic carbocycles. The summed E-state index contributed by atoms with van der Waals surface area (Å²) in [7, 11) is 1.56. The average Bonchev–Trinajstić information content (AvgIpc) is 2.57. The van der Waals surface area contributed by atoms with E-state index in [0.717, 1.165) is 25.4 Å². The Balaban J connectivity index is 1.79. The molecule has 0 saturated carbocycles. The lowest BCUT2D eigenvalue weighted by molar-refractivity contribution is -0.135. The van der Waals surface area contributed by atoms with Crippen LogP contribution in [0.5, 0.6) is 5.75 Å². The van der Waals surface area contributed by atoms with E-state index >= 15 is 0 Å². The van der Waals surface area contributed by atoms with E-state index in [1.165, 1.54) is 5.56 Å². The molecule has 1 aliphatic heterocycles. The fraction of sp³-hybridized carbons (Fsp3) is 0.588. The number of carbonyl (C=O) groups is 1. The molecule has 1 unspecified atom stereocenters. The van der Waals surface area contributed by atoms with Gasteiger partial charge in [0.25, 0.3) is 0 Å². The number of rotatable bonds is 7. The molecule has 1 aliphatic rings. The Labute approximate surface area is 138 Å². The van der Waals surface area contributed by atoms with Crippen molar-refractivity contribution in [2.24, 2.45) is 5.73 Å². The standard InChI is InChI=1S/C17H27N3O3/c1-3-23-15-6-4-14(5-7-15)12-19-8-10-20(11-9-19)17(21)16(18)13-22-2/h4-7,16H,3,8-13,18H2,1-2H3. The molecule has 0 radical (unpaired) electrons. The maximum Gasteiger partial charge on any atom is 0.241 e. The molecular weight excluding hydrogens is 294 g/mol. The minimum atomic E-state index is -0.558. The maximum atomic E-state index is 12.1. The molecular formula is C17H27N3O3. The van der Waals surface area contributed by atoms with Gasteiger partial charge in [-0.05, 0) is 24.6 Å². The molecule has 23 heavy (non-hydrogen) atoms. The Morgan fingerprint density at radius 2 is 1.87 bits per heavy atom. The van der Waals surface area contributed by atoms with Crippen molar-refractivity contribution in [3.05, 3.63) is 29.8 Å². The van der Waals surface area contributed by atoms with Crippen LogP contribution < -0.4 is 10.5 Å². The van der Waals surface area contributed by atoms with Crippen LogP contribution in [0.15, 0.2) is 24.3 Å². The molecule has 0 aromatic heterocycles. The van der Waals surface area contributed by atoms with E-state index in [2.05, 4.69) is 17.0 Å². The van der Waals surface area contributed by atoms with Crippen molar-refractivity contribution in [3.8, 4) is 5.75 Å². The zero-order valence-electron chi connectivity index (χ0n) is 14.0. The fourth-order valence-electron chi connectivity index (χ4n) is 2.73. The number of carbonyl (C=O) groups excluding carboxylic acids is 1. The first kappa shape index (κ1) is 17.7. The summed E-state index contributed by atoms with van der Waals surface area (Å²) in [6.07, 6.45) is 0. The third-order valence-corrected chi connectivity index (χ3v) is 3.99. The molecule has 128 valence electrons. The predicted molar refractivity (Wildman–Crippen MR) is 89.3 cm³/mol. The summed E-state index contributed by atoms with van der Waals surface area (Å²) >= 11 is 0. The summed E-state index contributed by atoms with van der Waals surface area (Å²) in [5.74, 6) is 0.881. The second-order valence-corrected chi connectivity index (χ2v) is 5.74. The van der Waals surface area contributed by atoms with Gasteiger partial charge in [-0.1, -0.05) is 12.1 Å². The number of amides is 1. The largest absolute Gasteiger partial charge is 0.494 e. The van der Waals surface area contributed by atoms with Gasteiger partial charge in [-0.2, -0.15) is 0 Å². The van der Waals surface area contributed by atoms with Gasteiger partial charge < -0.3 is 20.1 Å². The lowest BCUT2D eigenvalue weighted by atomic mass is 10.2. The highest BCUT2D eigenvalue weighted by Gasteiger charge is 2.25. The van der Waals surface area contributed by atoms with Crippen molar-refractivity contribution in [2.75, 3.05) is 46.5 Å². The summed E-state index contributed by atoms with van der Waals surface area (Å²) in [6.45, 7) is 6.97. The number of methoxy groups -OCH3 is 1. The highest BCUT2D eigenvalue weighted by Crippen LogP contribution is 2.14. The van der Waals surface area contributed by atoms with Crippen LogP contribution in [0, 0.1) is 0 Å². The van der Waals surface area contributed by atoms with Crippen LogP contribution in [0.1, 0.15) is 12.5 Å². The molecule has 6 nitrogen and oxygen atoms in total. The minimum Gasteiger partial charge on any atom is -0.494 e. The Morgan fingerprint density at radius 1 is 1.22 bits per heavy atom. The molecule has 1 fully saturated rings. The Bertz CT molecular complexity index is 484. The molecule has 1 aromatic carbocycles. The molecule has 1 aromatic rings. The van der Waals surface area contributed by atoms with Crippen LogP contribution in [-0.2, 0) is 16.1 Å². The zero-order chi connectivity index (χ0) is 16.7. The Kier molecular flexibility index (Phi) is 6.83. The first-order chi connectivity index (χ1) is 11.1. The summed E-state index contributed by atoms with van der Waals surface area (Å²) in [5, 5.41) is 0. The molecule has 0 spiro atoms. The van der Waals surface area contributed by atoms with Crippen LogP contribution in [-0.4, -0.2) is 68.3 Å². The summed E-state index contributed by atoms with van der Waals surface area (Å²) in [6, 6.07) is 7.64. The lowest BCUT2D eigenvalue weighted by Crippen LogP contribution is -2.53. The lowest BCUT2D eigenvalue weighted by Gasteiger charge is -2.35. The Hall–Kier alpha value is -1.63. The molecule has 1 saturated heterocycles. The van der Waals surface area contributed by atoms with E-state index < -0.39 is 6.04 Å². The van der Waals surface area contributed by atoms with Gasteiger partial charge in [0.1, 0.15) is 11.8 Å². The number of hydrogen-bond acceptors (Lipinski definition) is 5. The van der Waals surface area contributed by atoms with Gasteiger partial charge in [0.05, 0.1) is 13.2 Å². The molecule has 6 heteroatoms. The van der Waals surface area contributed by atoms with E-state index in [1.54, 1.807) is 7.11 Å². The normalized spacial score (nSPS) is 17.1. The van der Waals surface area contributed by atoms with Crippen molar-refractivity contribution >= 4 is 5.91 Å². The average molecular weight is 321 g/mol. The molecule has 1 heterocycles. The highest BCUT2D eigenvalue weighted by atomic mass is 16.5. The number of piperazine rings is 1. The van der Waals surface area contributed by atoms with Gasteiger partial charge in [-0.3, -0.25) is 9.69 Å². The first-order valence-corrected chi connectivity index (χ1v) is 8.11. The quantitative estimate of drug-likeness (QED) is 0.801. The maximum absolute atomic E-state index is 12.1. The van der Waals surface area contributed by atoms with Crippen molar-refractivity contribution in [2.45, 2.75) is 19.5 Å². The highest BCUT2D eigenvalue weighted by molar-refractivity contribution is 5.81. The van der Waals surface area contributed by atoms with Gasteiger partial charge in [-0.25, -0.2) is 0 Å². The number of ether oxygens (including phenoxy) is 2. The summed E-state index contributed by atoms with van der Waals surface area (Å²) < 4.78 is 10.4. The van der Waals surface area contributed by atoms with Gasteiger partial charge >= 0.3 is 0 Å². The van der Waals surface area contributed by atoms with E-state index in [9.17, 15) is 4.79 Å². The fourth-order valence-corrected chi connectivity index (χ4v) is 2.73. The van der Waals surface area contributed by atoms with E-state index in [-0.39, 0.29) is 12.5 Å². The summed E-state index contributed by atoms with van der Waals surface area (Å²) in [4.78, 5) is 16.3. The topological polar surface area (TPSA) is 68.0 Å². The molecule has 1 amide bonds. The number of hydrogen-bond donors (Lipinski definition) is 1. The van der Waals surface area contributed by atoms with Crippen LogP contribution in [0.4, 0.5) is 0 Å². The van der Waals surface area contributed by atoms with Gasteiger partial charge in [-0.15, -0.1) is 0 Å². The van der Waals surface area contributed by atoms with Gasteiger partial charge in [0, 0.05) is 39.8 Å². The monoisotopic (exact) mass is 321 g/mol. The SMILES string of the molecule is CCOc1ccc(CN2CCN(C(=O)C(N)COC)CC2)cc1. The van der Waals surface area contributed by atoms with E-state index in [4.69, 9.17) is 15.2 Å². The molecule has 1 atom stereocenters. The number of nitrogens with two attached hydrogens (primary N) is 1. The van der Waals surface area contributed by atoms with Crippen LogP contribution >= 0.6 is 0 Å². The molecule has 2 rings (SSSR count). The van der Waals surface area contributed by atoms with Crippen LogP contribution in [0.2, 0.25) is 0 Å². The van der Waals surface area contributed by atoms with Crippen LogP contribution in [0.25, 0.3) is 0 Å². The summed E-state index contributed by atoms with van der Waals surface area (Å²) in [5.41, 5.74) is 7.07. The number of nitrogens with zero attached hydrogens (tertiary/aromatic N) is 2. The third-order valence-electron chi connectivity index (χ3n) is 3.99. The van der Waals surface area contributed by atoms with E-state index in [1.807, 2.05) is 24.0 Å². The smallest absolute Gasteiger partial charge is 0.241 e. The molecule has 0 bridgehead atoms. The van der Waals surface area contributed by atoms with Crippen molar-refractivity contribution in [1.82, 2.24) is 9.80 Å². The first-order valence-electron chi connectivity index (χ1n) is 8.11. The van der Waals surface area contributed by atoms with Crippen molar-refractivity contribution in [1.29, 1.82) is 0 Å². The number of benzene rings is 1. The third kappa shape index (κ3) is 5.20. The Morgan fingerprint density at radius 3 is 2.43 bits per heavy atom. The minimum absolute atomic E-state index is 0.0208. The van der Waals surface area contributed by atoms with Crippen LogP contribution in [0.3, 0.4) is 0 Å². The molecule has 2 N–H and O–H groups in total. The van der Waals surface area contributed by atoms with Crippen molar-refractivity contribution in [3.63, 3.8) is 0 Å². The van der Waals surface area contributed by atoms with E-state index in [0.29, 0.717) is 19.7 Å². The second-order valence-electron chi connectivity index (χ2n) is 5.74. The predicted octanol–water partition coefficient (Wildman–Crippen LogP) is 0.703. The zero-order valence-corrected chi connectivity index (χ0v) is 14.0. The second kappa shape index (κ2) is 8.86. The van der Waals surface area contributed by atoms with Gasteiger partial charge in [0.15, 0.2) is 0 Å². The van der Waals surface area contributed by atoms with Crippen molar-refractivity contribution < 1.29 is 14.3 Å².